The van der Waals surface area contributed by atoms with E-state index in [0.717, 1.165) is 0 Å². The molecular weight excluding hydrogens is 400 g/mol. The summed E-state index contributed by atoms with van der Waals surface area (Å²) in [6, 6.07) is 14.1. The maximum absolute atomic E-state index is 12.3. The number of benzene rings is 2. The molecule has 0 saturated heterocycles. The number of terminal acetylenes is 1. The fraction of sp³-hybridized carbons (Fsp3) is 0.182. The Kier molecular flexibility index (Phi) is 5.53. The molecular formula is C22H18N4O5. The highest BCUT2D eigenvalue weighted by atomic mass is 16.6. The van der Waals surface area contributed by atoms with E-state index in [2.05, 4.69) is 21.5 Å². The third-order valence-corrected chi connectivity index (χ3v) is 4.64. The highest BCUT2D eigenvalue weighted by Gasteiger charge is 2.27. The van der Waals surface area contributed by atoms with Crippen molar-refractivity contribution in [3.63, 3.8) is 0 Å². The number of rotatable bonds is 5. The van der Waals surface area contributed by atoms with Gasteiger partial charge in [-0.1, -0.05) is 36.3 Å². The van der Waals surface area contributed by atoms with Crippen molar-refractivity contribution in [2.24, 2.45) is 10.2 Å². The Morgan fingerprint density at radius 3 is 2.74 bits per heavy atom. The number of amides is 2. The van der Waals surface area contributed by atoms with Gasteiger partial charge in [0, 0.05) is 5.39 Å². The number of carbonyl (C=O) groups is 2. The van der Waals surface area contributed by atoms with Gasteiger partial charge >= 0.3 is 0 Å². The second-order valence-electron chi connectivity index (χ2n) is 6.66. The monoisotopic (exact) mass is 418 g/mol. The number of hydrogen-bond acceptors (Lipinski definition) is 6. The second kappa shape index (κ2) is 8.59. The lowest BCUT2D eigenvalue weighted by Crippen LogP contribution is -2.45. The normalized spacial score (nSPS) is 15.0. The fourth-order valence-corrected chi connectivity index (χ4v) is 3.19. The van der Waals surface area contributed by atoms with E-state index < -0.39 is 17.9 Å². The molecule has 3 aromatic rings. The maximum atomic E-state index is 12.3. The molecule has 9 heteroatoms. The minimum absolute atomic E-state index is 0.0289. The van der Waals surface area contributed by atoms with Crippen molar-refractivity contribution in [1.29, 1.82) is 0 Å². The van der Waals surface area contributed by atoms with E-state index >= 15 is 0 Å². The quantitative estimate of drug-likeness (QED) is 0.488. The van der Waals surface area contributed by atoms with E-state index in [1.807, 2.05) is 0 Å². The van der Waals surface area contributed by atoms with Gasteiger partial charge in [0.2, 0.25) is 12.0 Å². The van der Waals surface area contributed by atoms with E-state index in [9.17, 15) is 14.7 Å². The zero-order chi connectivity index (χ0) is 21.8. The lowest BCUT2D eigenvalue weighted by Gasteiger charge is -2.25. The third-order valence-electron chi connectivity index (χ3n) is 4.64. The zero-order valence-corrected chi connectivity index (χ0v) is 16.3. The molecule has 2 aromatic carbocycles. The smallest absolute Gasteiger partial charge is 0.283 e. The number of aromatic hydroxyl groups is 1. The molecule has 0 spiro atoms. The molecule has 0 radical (unpaired) electrons. The molecule has 4 rings (SSSR count). The summed E-state index contributed by atoms with van der Waals surface area (Å²) < 4.78 is 12.6. The van der Waals surface area contributed by atoms with Crippen molar-refractivity contribution < 1.29 is 24.2 Å². The van der Waals surface area contributed by atoms with Crippen LogP contribution in [0.4, 0.5) is 5.69 Å². The van der Waals surface area contributed by atoms with Crippen LogP contribution < -0.4 is 14.8 Å². The molecule has 1 aliphatic heterocycles. The Morgan fingerprint density at radius 1 is 1.19 bits per heavy atom. The Balaban J connectivity index is 1.40. The lowest BCUT2D eigenvalue weighted by atomic mass is 10.2. The van der Waals surface area contributed by atoms with Gasteiger partial charge in [-0.2, -0.15) is 0 Å². The minimum atomic E-state index is -0.884. The standard InChI is InChI=1S/C22H18N4O5/c1-2-11-26-15-8-4-3-7-14(15)20(22(26)29)25-24-19(27)12-23-21(28)18-13-30-16-9-5-6-10-17(16)31-18/h1,3-10,18,29H,11-13H2,(H,23,28)/t18-/m1/s1. The third kappa shape index (κ3) is 4.04. The van der Waals surface area contributed by atoms with Gasteiger partial charge in [0.05, 0.1) is 12.1 Å². The van der Waals surface area contributed by atoms with Crippen LogP contribution in [0, 0.1) is 12.3 Å². The molecule has 1 aromatic heterocycles. The van der Waals surface area contributed by atoms with Gasteiger partial charge in [-0.15, -0.1) is 16.7 Å². The first-order valence-electron chi connectivity index (χ1n) is 9.43. The summed E-state index contributed by atoms with van der Waals surface area (Å²) in [7, 11) is 0. The average molecular weight is 418 g/mol. The first-order valence-corrected chi connectivity index (χ1v) is 9.43. The summed E-state index contributed by atoms with van der Waals surface area (Å²) in [5.41, 5.74) is 0.800. The molecule has 9 nitrogen and oxygen atoms in total. The lowest BCUT2D eigenvalue weighted by molar-refractivity contribution is -0.132. The molecule has 2 N–H and O–H groups in total. The summed E-state index contributed by atoms with van der Waals surface area (Å²) in [6.45, 7) is -0.215. The predicted molar refractivity (Wildman–Crippen MR) is 111 cm³/mol. The van der Waals surface area contributed by atoms with Crippen LogP contribution in [-0.2, 0) is 16.1 Å². The summed E-state index contributed by atoms with van der Waals surface area (Å²) in [5, 5.41) is 21.0. The SMILES string of the molecule is C#CCn1c(O)c(N=NC(=O)CNC(=O)[C@H]2COc3ccccc3O2)c2ccccc21. The van der Waals surface area contributed by atoms with Gasteiger partial charge < -0.3 is 19.9 Å². The van der Waals surface area contributed by atoms with Crippen molar-refractivity contribution in [2.45, 2.75) is 12.6 Å². The Bertz CT molecular complexity index is 1220. The van der Waals surface area contributed by atoms with Crippen LogP contribution in [0.1, 0.15) is 0 Å². The molecule has 1 atom stereocenters. The first kappa shape index (κ1) is 20.0. The largest absolute Gasteiger partial charge is 0.493 e. The van der Waals surface area contributed by atoms with E-state index in [-0.39, 0.29) is 31.3 Å². The van der Waals surface area contributed by atoms with Gasteiger partial charge in [-0.3, -0.25) is 14.2 Å². The number of para-hydroxylation sites is 3. The van der Waals surface area contributed by atoms with Crippen molar-refractivity contribution in [2.75, 3.05) is 13.2 Å². The number of nitrogens with zero attached hydrogens (tertiary/aromatic N) is 3. The molecule has 0 unspecified atom stereocenters. The van der Waals surface area contributed by atoms with Crippen LogP contribution in [0.3, 0.4) is 0 Å². The number of ether oxygens (including phenoxy) is 2. The number of hydrogen-bond donors (Lipinski definition) is 2. The van der Waals surface area contributed by atoms with Gasteiger partial charge in [0.15, 0.2) is 17.2 Å². The Morgan fingerprint density at radius 2 is 1.94 bits per heavy atom. The number of nitrogens with one attached hydrogen (secondary N) is 1. The molecule has 0 fully saturated rings. The average Bonchev–Trinajstić information content (AvgIpc) is 3.07. The van der Waals surface area contributed by atoms with Gasteiger partial charge in [-0.25, -0.2) is 0 Å². The minimum Gasteiger partial charge on any atom is -0.493 e. The second-order valence-corrected chi connectivity index (χ2v) is 6.66. The van der Waals surface area contributed by atoms with Crippen molar-refractivity contribution in [1.82, 2.24) is 9.88 Å². The van der Waals surface area contributed by atoms with Crippen LogP contribution in [0.5, 0.6) is 17.4 Å². The molecule has 0 saturated carbocycles. The van der Waals surface area contributed by atoms with Crippen LogP contribution in [-0.4, -0.2) is 40.7 Å². The van der Waals surface area contributed by atoms with Crippen LogP contribution in [0.25, 0.3) is 10.9 Å². The van der Waals surface area contributed by atoms with Gasteiger partial charge in [-0.05, 0) is 18.2 Å². The number of fused-ring (bicyclic) bond motifs is 2. The first-order chi connectivity index (χ1) is 15.1. The highest BCUT2D eigenvalue weighted by molar-refractivity contribution is 5.95. The van der Waals surface area contributed by atoms with E-state index in [1.54, 1.807) is 48.5 Å². The van der Waals surface area contributed by atoms with Crippen molar-refractivity contribution >= 4 is 28.4 Å². The van der Waals surface area contributed by atoms with E-state index in [4.69, 9.17) is 15.9 Å². The molecule has 0 aliphatic carbocycles. The summed E-state index contributed by atoms with van der Waals surface area (Å²) in [6.07, 6.45) is 4.47. The van der Waals surface area contributed by atoms with Crippen molar-refractivity contribution in [3.8, 4) is 29.7 Å². The summed E-state index contributed by atoms with van der Waals surface area (Å²) in [4.78, 5) is 24.4. The van der Waals surface area contributed by atoms with E-state index in [1.165, 1.54) is 4.57 Å². The maximum Gasteiger partial charge on any atom is 0.283 e. The molecule has 31 heavy (non-hydrogen) atoms. The van der Waals surface area contributed by atoms with Crippen LogP contribution in [0.15, 0.2) is 58.8 Å². The molecule has 2 amide bonds. The molecule has 1 aliphatic rings. The van der Waals surface area contributed by atoms with E-state index in [0.29, 0.717) is 22.4 Å². The van der Waals surface area contributed by atoms with Crippen LogP contribution >= 0.6 is 0 Å². The fourth-order valence-electron chi connectivity index (χ4n) is 3.19. The topological polar surface area (TPSA) is 115 Å². The van der Waals surface area contributed by atoms with Gasteiger partial charge in [0.1, 0.15) is 13.2 Å². The van der Waals surface area contributed by atoms with Crippen molar-refractivity contribution in [3.05, 3.63) is 48.5 Å². The highest BCUT2D eigenvalue weighted by Crippen LogP contribution is 2.38. The molecule has 0 bridgehead atoms. The Hall–Kier alpha value is -4.32. The summed E-state index contributed by atoms with van der Waals surface area (Å²) in [5.74, 6) is 2.08. The van der Waals surface area contributed by atoms with Gasteiger partial charge in [0.25, 0.3) is 11.8 Å². The molecule has 2 heterocycles. The number of azo groups is 1. The Labute approximate surface area is 177 Å². The number of aromatic nitrogens is 1. The van der Waals surface area contributed by atoms with Crippen LogP contribution in [0.2, 0.25) is 0 Å². The molecule has 156 valence electrons. The predicted octanol–water partition coefficient (Wildman–Crippen LogP) is 2.55. The summed E-state index contributed by atoms with van der Waals surface area (Å²) >= 11 is 0. The number of carbonyl (C=O) groups excluding carboxylic acids is 2. The zero-order valence-electron chi connectivity index (χ0n) is 16.3.